The number of aromatic nitrogens is 4. The summed E-state index contributed by atoms with van der Waals surface area (Å²) in [4.78, 5) is 32.7. The van der Waals surface area contributed by atoms with Gasteiger partial charge in [0, 0.05) is 23.3 Å². The molecule has 1 aromatic carbocycles. The van der Waals surface area contributed by atoms with Crippen LogP contribution in [-0.2, 0) is 17.8 Å². The number of benzene rings is 1. The van der Waals surface area contributed by atoms with E-state index < -0.39 is 0 Å². The second-order valence-corrected chi connectivity index (χ2v) is 8.19. The Morgan fingerprint density at radius 3 is 2.65 bits per heavy atom. The summed E-state index contributed by atoms with van der Waals surface area (Å²) in [5, 5.41) is 0.855. The summed E-state index contributed by atoms with van der Waals surface area (Å²) in [5.41, 5.74) is 8.81. The molecular weight excluding hydrogens is 432 g/mol. The fourth-order valence-corrected chi connectivity index (χ4v) is 3.64. The van der Waals surface area contributed by atoms with Crippen LogP contribution in [0.25, 0.3) is 10.9 Å². The molecule has 4 heterocycles. The van der Waals surface area contributed by atoms with E-state index in [-0.39, 0.29) is 18.6 Å². The molecule has 0 radical (unpaired) electrons. The number of hydrogen-bond donors (Lipinski definition) is 1. The van der Waals surface area contributed by atoms with Crippen molar-refractivity contribution in [3.8, 4) is 5.75 Å². The van der Waals surface area contributed by atoms with Crippen molar-refractivity contribution < 1.29 is 14.3 Å². The standard InChI is InChI=1S/C25H24N6O3/c1-16-9-18-10-17(3-6-22(18)30-24(16)26)25(32)31(13-23-27-7-2-8-28-23)12-19-4-5-20(11-29-19)34-21-14-33-15-21/h2-11,21H,12-15H2,1H3,(H2,26,30). The predicted octanol–water partition coefficient (Wildman–Crippen LogP) is 2.93. The highest BCUT2D eigenvalue weighted by Crippen LogP contribution is 2.22. The fourth-order valence-electron chi connectivity index (χ4n) is 3.64. The van der Waals surface area contributed by atoms with Gasteiger partial charge in [-0.3, -0.25) is 9.78 Å². The van der Waals surface area contributed by atoms with Crippen LogP contribution in [0, 0.1) is 6.92 Å². The summed E-state index contributed by atoms with van der Waals surface area (Å²) in [7, 11) is 0. The normalized spacial score (nSPS) is 13.4. The van der Waals surface area contributed by atoms with Crippen molar-refractivity contribution in [2.75, 3.05) is 18.9 Å². The molecule has 1 saturated heterocycles. The molecule has 1 aliphatic rings. The highest BCUT2D eigenvalue weighted by molar-refractivity contribution is 5.98. The van der Waals surface area contributed by atoms with Crippen molar-refractivity contribution >= 4 is 22.6 Å². The number of nitrogens with two attached hydrogens (primary N) is 1. The van der Waals surface area contributed by atoms with Gasteiger partial charge in [-0.25, -0.2) is 15.0 Å². The number of ether oxygens (including phenoxy) is 2. The average molecular weight is 457 g/mol. The molecule has 2 N–H and O–H groups in total. The number of aryl methyl sites for hydroxylation is 1. The molecule has 1 aliphatic heterocycles. The van der Waals surface area contributed by atoms with E-state index in [1.54, 1.807) is 35.6 Å². The van der Waals surface area contributed by atoms with Crippen LogP contribution in [0.5, 0.6) is 5.75 Å². The molecule has 0 spiro atoms. The smallest absolute Gasteiger partial charge is 0.254 e. The summed E-state index contributed by atoms with van der Waals surface area (Å²) >= 11 is 0. The molecule has 0 bridgehead atoms. The van der Waals surface area contributed by atoms with Crippen LogP contribution in [0.4, 0.5) is 5.82 Å². The van der Waals surface area contributed by atoms with Crippen molar-refractivity contribution in [1.29, 1.82) is 0 Å². The highest BCUT2D eigenvalue weighted by Gasteiger charge is 2.21. The number of carbonyl (C=O) groups is 1. The highest BCUT2D eigenvalue weighted by atomic mass is 16.6. The van der Waals surface area contributed by atoms with Crippen LogP contribution in [0.2, 0.25) is 0 Å². The van der Waals surface area contributed by atoms with E-state index in [0.29, 0.717) is 42.7 Å². The Labute approximate surface area is 196 Å². The molecule has 3 aromatic heterocycles. The Kier molecular flexibility index (Phi) is 6.01. The molecule has 0 unspecified atom stereocenters. The SMILES string of the molecule is Cc1cc2cc(C(=O)N(Cc3ccc(OC4COC4)cn3)Cc3ncccn3)ccc2nc1N. The number of rotatable bonds is 7. The van der Waals surface area contributed by atoms with Crippen LogP contribution >= 0.6 is 0 Å². The number of fused-ring (bicyclic) bond motifs is 1. The van der Waals surface area contributed by atoms with Crippen molar-refractivity contribution in [1.82, 2.24) is 24.8 Å². The summed E-state index contributed by atoms with van der Waals surface area (Å²) in [6.07, 6.45) is 5.06. The van der Waals surface area contributed by atoms with E-state index >= 15 is 0 Å². The summed E-state index contributed by atoms with van der Waals surface area (Å²) in [6, 6.07) is 12.8. The number of nitrogens with zero attached hydrogens (tertiary/aromatic N) is 5. The zero-order valence-electron chi connectivity index (χ0n) is 18.7. The lowest BCUT2D eigenvalue weighted by molar-refractivity contribution is -0.0798. The van der Waals surface area contributed by atoms with Crippen LogP contribution in [-0.4, -0.2) is 50.1 Å². The molecule has 0 atom stereocenters. The minimum absolute atomic E-state index is 0.0716. The number of carbonyl (C=O) groups excluding carboxylic acids is 1. The molecule has 1 fully saturated rings. The van der Waals surface area contributed by atoms with Crippen LogP contribution in [0.1, 0.15) is 27.4 Å². The summed E-state index contributed by atoms with van der Waals surface area (Å²) in [5.74, 6) is 1.56. The zero-order valence-corrected chi connectivity index (χ0v) is 18.7. The van der Waals surface area contributed by atoms with Gasteiger partial charge in [-0.2, -0.15) is 0 Å². The summed E-state index contributed by atoms with van der Waals surface area (Å²) < 4.78 is 10.9. The molecule has 4 aromatic rings. The van der Waals surface area contributed by atoms with Gasteiger partial charge >= 0.3 is 0 Å². The molecule has 9 nitrogen and oxygen atoms in total. The maximum atomic E-state index is 13.6. The van der Waals surface area contributed by atoms with Gasteiger partial charge in [0.05, 0.1) is 43.7 Å². The summed E-state index contributed by atoms with van der Waals surface area (Å²) in [6.45, 7) is 3.62. The van der Waals surface area contributed by atoms with Crippen molar-refractivity contribution in [2.24, 2.45) is 0 Å². The fraction of sp³-hybridized carbons (Fsp3) is 0.240. The van der Waals surface area contributed by atoms with Crippen molar-refractivity contribution in [3.05, 3.63) is 83.7 Å². The van der Waals surface area contributed by atoms with Gasteiger partial charge in [-0.1, -0.05) is 0 Å². The second kappa shape index (κ2) is 9.40. The first-order valence-electron chi connectivity index (χ1n) is 11.0. The predicted molar refractivity (Wildman–Crippen MR) is 126 cm³/mol. The monoisotopic (exact) mass is 456 g/mol. The Hall–Kier alpha value is -4.11. The lowest BCUT2D eigenvalue weighted by atomic mass is 10.1. The van der Waals surface area contributed by atoms with Gasteiger partial charge in [0.1, 0.15) is 23.5 Å². The number of hydrogen-bond acceptors (Lipinski definition) is 8. The van der Waals surface area contributed by atoms with Crippen LogP contribution < -0.4 is 10.5 Å². The van der Waals surface area contributed by atoms with E-state index in [1.807, 2.05) is 37.3 Å². The number of nitrogen functional groups attached to an aromatic ring is 1. The zero-order chi connectivity index (χ0) is 23.5. The van der Waals surface area contributed by atoms with Gasteiger partial charge in [0.2, 0.25) is 0 Å². The minimum atomic E-state index is -0.155. The first kappa shape index (κ1) is 21.7. The van der Waals surface area contributed by atoms with E-state index in [9.17, 15) is 4.79 Å². The molecule has 1 amide bonds. The van der Waals surface area contributed by atoms with Gasteiger partial charge < -0.3 is 20.1 Å². The van der Waals surface area contributed by atoms with Gasteiger partial charge in [-0.05, 0) is 55.0 Å². The van der Waals surface area contributed by atoms with Gasteiger partial charge in [0.15, 0.2) is 0 Å². The maximum absolute atomic E-state index is 13.6. The molecule has 172 valence electrons. The topological polar surface area (TPSA) is 116 Å². The molecular formula is C25H24N6O3. The molecule has 9 heteroatoms. The maximum Gasteiger partial charge on any atom is 0.254 e. The van der Waals surface area contributed by atoms with E-state index in [4.69, 9.17) is 15.2 Å². The van der Waals surface area contributed by atoms with Gasteiger partial charge in [0.25, 0.3) is 5.91 Å². The van der Waals surface area contributed by atoms with E-state index in [0.717, 1.165) is 22.2 Å². The van der Waals surface area contributed by atoms with Crippen LogP contribution in [0.15, 0.2) is 61.1 Å². The third-order valence-electron chi connectivity index (χ3n) is 5.59. The first-order valence-corrected chi connectivity index (χ1v) is 11.0. The Morgan fingerprint density at radius 1 is 1.12 bits per heavy atom. The van der Waals surface area contributed by atoms with Gasteiger partial charge in [-0.15, -0.1) is 0 Å². The Morgan fingerprint density at radius 2 is 1.94 bits per heavy atom. The van der Waals surface area contributed by atoms with E-state index in [2.05, 4.69) is 19.9 Å². The quantitative estimate of drug-likeness (QED) is 0.451. The first-order chi connectivity index (χ1) is 16.5. The minimum Gasteiger partial charge on any atom is -0.484 e. The lowest BCUT2D eigenvalue weighted by Crippen LogP contribution is -2.38. The van der Waals surface area contributed by atoms with E-state index in [1.165, 1.54) is 0 Å². The van der Waals surface area contributed by atoms with Crippen LogP contribution in [0.3, 0.4) is 0 Å². The third kappa shape index (κ3) is 4.79. The largest absolute Gasteiger partial charge is 0.484 e. The molecule has 0 aliphatic carbocycles. The number of anilines is 1. The second-order valence-electron chi connectivity index (χ2n) is 8.19. The molecule has 0 saturated carbocycles. The lowest BCUT2D eigenvalue weighted by Gasteiger charge is -2.26. The number of amides is 1. The Balaban J connectivity index is 1.40. The molecule has 5 rings (SSSR count). The van der Waals surface area contributed by atoms with Crippen molar-refractivity contribution in [3.63, 3.8) is 0 Å². The Bertz CT molecular complexity index is 1310. The third-order valence-corrected chi connectivity index (χ3v) is 5.59. The molecule has 34 heavy (non-hydrogen) atoms. The number of pyridine rings is 2. The average Bonchev–Trinajstić information content (AvgIpc) is 2.82. The van der Waals surface area contributed by atoms with Crippen molar-refractivity contribution in [2.45, 2.75) is 26.1 Å².